The van der Waals surface area contributed by atoms with E-state index >= 15 is 4.79 Å². The van der Waals surface area contributed by atoms with Crippen molar-refractivity contribution in [1.82, 2.24) is 45.2 Å². The van der Waals surface area contributed by atoms with E-state index in [9.17, 15) is 65.9 Å². The number of imide groups is 1. The number of carbonyl (C=O) groups excluding carboxylic acids is 9. The van der Waals surface area contributed by atoms with Crippen LogP contribution in [0.5, 0.6) is 0 Å². The molecule has 4 fully saturated rings. The lowest BCUT2D eigenvalue weighted by molar-refractivity contribution is -0.146. The number of primary amides is 1. The summed E-state index contributed by atoms with van der Waals surface area (Å²) in [5.41, 5.74) is 6.45. The zero-order chi connectivity index (χ0) is 58.9. The lowest BCUT2D eigenvalue weighted by atomic mass is 9.78. The zero-order valence-corrected chi connectivity index (χ0v) is 46.8. The largest absolute Gasteiger partial charge is 0.396 e. The van der Waals surface area contributed by atoms with Crippen LogP contribution < -0.4 is 32.7 Å². The molecule has 9 rings (SSSR count). The first-order valence-electron chi connectivity index (χ1n) is 27.2. The minimum Gasteiger partial charge on any atom is -0.370 e. The van der Waals surface area contributed by atoms with Gasteiger partial charge in [-0.25, -0.2) is 13.2 Å². The maximum absolute atomic E-state index is 15.0. The van der Waals surface area contributed by atoms with Crippen LogP contribution in [0.15, 0.2) is 76.4 Å². The Labute approximate surface area is 470 Å². The standard InChI is InChI=1S/C55H65N10O15PS/c1-62-45-24-33(9-16-42(45)65(55(62)75)44-18-20-47(67)61-52(44)72)23-30-3-5-31(6-4-30)25-48(68)63-22-21-36-11-17-43(51(71)59-39(15-19-46(56)66)49(69)57-28-32-7-12-37(13-8-32)82(2,79)80)64(36)53(73)41(29-63)60-50(70)40-27-35-26-34(10-14-38(35)58-40)54(74)81(76,77)78/h7-10,12-14,16,24,26-27,30-31,36,39,41,43-44,58H,3-6,11,15,17-23,25,28-29H2,1-2H3,(H2,56,66)(H,57,69)(H,59,71)(H,60,70)(H,61,67,72)(H2,76,77,78)/t30?,31?,36-,39-,41+,43+,44?/m1/s1. The van der Waals surface area contributed by atoms with E-state index in [-0.39, 0.29) is 115 Å². The normalized spacial score (nSPS) is 22.0. The molecule has 5 atom stereocenters. The number of carbonyl (C=O) groups is 9. The van der Waals surface area contributed by atoms with Crippen molar-refractivity contribution in [1.29, 1.82) is 0 Å². The third-order valence-corrected chi connectivity index (χ3v) is 18.2. The van der Waals surface area contributed by atoms with E-state index in [2.05, 4.69) is 26.3 Å². The van der Waals surface area contributed by atoms with Gasteiger partial charge in [0.05, 0.1) is 15.9 Å². The average Bonchev–Trinajstić information content (AvgIpc) is 3.28. The molecule has 3 aromatic carbocycles. The number of aryl methyl sites for hydroxylation is 1. The number of aromatic nitrogens is 3. The molecule has 3 saturated heterocycles. The number of nitrogens with one attached hydrogen (secondary N) is 5. The van der Waals surface area contributed by atoms with Crippen LogP contribution >= 0.6 is 7.60 Å². The van der Waals surface area contributed by atoms with Gasteiger partial charge in [-0.1, -0.05) is 18.2 Å². The number of nitrogens with zero attached hydrogens (tertiary/aromatic N) is 4. The molecule has 3 aliphatic heterocycles. The van der Waals surface area contributed by atoms with Crippen molar-refractivity contribution < 1.29 is 65.9 Å². The molecule has 0 bridgehead atoms. The second kappa shape index (κ2) is 24.0. The van der Waals surface area contributed by atoms with Crippen LogP contribution in [0.3, 0.4) is 0 Å². The van der Waals surface area contributed by atoms with E-state index < -0.39 is 88.6 Å². The molecule has 0 spiro atoms. The highest BCUT2D eigenvalue weighted by atomic mass is 32.2. The number of benzene rings is 3. The Morgan fingerprint density at radius 1 is 0.841 bits per heavy atom. The quantitative estimate of drug-likeness (QED) is 0.0457. The van der Waals surface area contributed by atoms with Crippen LogP contribution in [0.2, 0.25) is 0 Å². The lowest BCUT2D eigenvalue weighted by Gasteiger charge is -2.39. The van der Waals surface area contributed by atoms with Crippen molar-refractivity contribution in [3.05, 3.63) is 99.6 Å². The number of imidazole rings is 1. The highest BCUT2D eigenvalue weighted by Crippen LogP contribution is 2.40. The summed E-state index contributed by atoms with van der Waals surface area (Å²) in [5, 5.41) is 10.8. The second-order valence-corrected chi connectivity index (χ2v) is 25.5. The minimum atomic E-state index is -5.14. The van der Waals surface area contributed by atoms with E-state index in [4.69, 9.17) is 5.73 Å². The second-order valence-electron chi connectivity index (χ2n) is 22.0. The smallest absolute Gasteiger partial charge is 0.370 e. The third kappa shape index (κ3) is 13.1. The Morgan fingerprint density at radius 2 is 1.55 bits per heavy atom. The molecule has 5 aromatic rings. The Morgan fingerprint density at radius 3 is 2.23 bits per heavy atom. The van der Waals surface area contributed by atoms with Gasteiger partial charge in [-0.2, -0.15) is 0 Å². The highest BCUT2D eigenvalue weighted by molar-refractivity contribution is 7.90. The summed E-state index contributed by atoms with van der Waals surface area (Å²) in [6, 6.07) is 11.4. The van der Waals surface area contributed by atoms with Crippen molar-refractivity contribution in [2.24, 2.45) is 24.6 Å². The Hall–Kier alpha value is -7.80. The van der Waals surface area contributed by atoms with E-state index in [1.807, 2.05) is 18.2 Å². The van der Waals surface area contributed by atoms with Gasteiger partial charge in [0.25, 0.3) is 11.4 Å². The molecule has 1 saturated carbocycles. The van der Waals surface area contributed by atoms with Gasteiger partial charge in [0.15, 0.2) is 9.84 Å². The van der Waals surface area contributed by atoms with Crippen LogP contribution in [0.1, 0.15) is 115 Å². The van der Waals surface area contributed by atoms with Gasteiger partial charge in [-0.3, -0.25) is 62.2 Å². The highest BCUT2D eigenvalue weighted by Gasteiger charge is 2.46. The summed E-state index contributed by atoms with van der Waals surface area (Å²) < 4.78 is 38.6. The van der Waals surface area contributed by atoms with Gasteiger partial charge >= 0.3 is 13.3 Å². The van der Waals surface area contributed by atoms with Crippen molar-refractivity contribution in [2.45, 2.75) is 125 Å². The molecule has 82 heavy (non-hydrogen) atoms. The first-order chi connectivity index (χ1) is 38.8. The predicted octanol–water partition coefficient (Wildman–Crippen LogP) is 1.72. The summed E-state index contributed by atoms with van der Waals surface area (Å²) in [7, 11) is -6.97. The number of aromatic amines is 1. The number of hydrogen-bond acceptors (Lipinski definition) is 13. The first-order valence-corrected chi connectivity index (χ1v) is 30.7. The fourth-order valence-corrected chi connectivity index (χ4v) is 13.0. The van der Waals surface area contributed by atoms with Crippen LogP contribution in [0.4, 0.5) is 0 Å². The number of H-pyrrole nitrogens is 1. The fourth-order valence-electron chi connectivity index (χ4n) is 11.9. The fraction of sp³-hybridized carbons (Fsp3) is 0.455. The molecule has 27 heteroatoms. The van der Waals surface area contributed by atoms with E-state index in [1.165, 1.54) is 62.6 Å². The summed E-state index contributed by atoms with van der Waals surface area (Å²) in [6.45, 7) is -0.168. The molecule has 4 aliphatic rings. The molecule has 0 radical (unpaired) electrons. The van der Waals surface area contributed by atoms with Crippen LogP contribution in [-0.2, 0) is 68.0 Å². The van der Waals surface area contributed by atoms with Gasteiger partial charge in [0, 0.05) is 74.7 Å². The minimum absolute atomic E-state index is 0.00803. The van der Waals surface area contributed by atoms with Gasteiger partial charge in [-0.05, 0) is 136 Å². The summed E-state index contributed by atoms with van der Waals surface area (Å²) in [4.78, 5) is 159. The van der Waals surface area contributed by atoms with Crippen LogP contribution in [-0.4, -0.2) is 138 Å². The number of rotatable bonds is 18. The number of fused-ring (bicyclic) bond motifs is 3. The number of nitrogens with two attached hydrogens (primary N) is 1. The number of piperidine rings is 1. The summed E-state index contributed by atoms with van der Waals surface area (Å²) >= 11 is 0. The maximum Gasteiger partial charge on any atom is 0.396 e. The van der Waals surface area contributed by atoms with Gasteiger partial charge in [-0.15, -0.1) is 0 Å². The van der Waals surface area contributed by atoms with Gasteiger partial charge in [0.1, 0.15) is 29.9 Å². The number of hydrogen-bond donors (Lipinski definition) is 8. The van der Waals surface area contributed by atoms with E-state index in [1.54, 1.807) is 11.9 Å². The molecule has 2 aromatic heterocycles. The van der Waals surface area contributed by atoms with Crippen molar-refractivity contribution in [2.75, 3.05) is 19.3 Å². The van der Waals surface area contributed by atoms with Crippen molar-refractivity contribution in [3.63, 3.8) is 0 Å². The monoisotopic (exact) mass is 1170 g/mol. The van der Waals surface area contributed by atoms with E-state index in [0.29, 0.717) is 28.5 Å². The Bertz CT molecular complexity index is 3640. The molecular weight excluding hydrogens is 1100 g/mol. The summed E-state index contributed by atoms with van der Waals surface area (Å²) in [6.07, 6.45) is 5.70. The van der Waals surface area contributed by atoms with Gasteiger partial charge < -0.3 is 46.3 Å². The maximum atomic E-state index is 15.0. The predicted molar refractivity (Wildman–Crippen MR) is 295 cm³/mol. The summed E-state index contributed by atoms with van der Waals surface area (Å²) in [5.74, 6) is -4.43. The lowest BCUT2D eigenvalue weighted by Crippen LogP contribution is -2.62. The first kappa shape index (κ1) is 58.8. The van der Waals surface area contributed by atoms with Crippen LogP contribution in [0.25, 0.3) is 21.9 Å². The zero-order valence-electron chi connectivity index (χ0n) is 45.1. The molecule has 1 aliphatic carbocycles. The van der Waals surface area contributed by atoms with Crippen molar-refractivity contribution in [3.8, 4) is 0 Å². The molecule has 9 N–H and O–H groups in total. The van der Waals surface area contributed by atoms with Gasteiger partial charge in [0.2, 0.25) is 41.4 Å². The molecular formula is C55H65N10O15PS. The molecule has 436 valence electrons. The third-order valence-electron chi connectivity index (χ3n) is 16.3. The molecule has 1 unspecified atom stereocenters. The molecule has 5 heterocycles. The number of sulfone groups is 1. The molecule has 25 nitrogen and oxygen atoms in total. The molecule has 8 amide bonds. The SMILES string of the molecule is Cn1c(=O)n(C2CCC(=O)NC2=O)c2ccc(CC3CCC(CC(=O)N4CC[C@H]5CC[C@@H](C(=O)N[C@H](CCC(N)=O)C(=O)NCc6ccc(S(C)(=O)=O)cc6)N5C(=O)[C@@H](NC(=O)c5cc6cc(C(=O)P(=O)(O)O)ccc6[nH]5)C4)CC3)cc21. The topological polar surface area (TPSA) is 369 Å². The number of amides is 8. The Kier molecular flexibility index (Phi) is 17.2. The Balaban J connectivity index is 0.889. The average molecular weight is 1170 g/mol. The van der Waals surface area contributed by atoms with E-state index in [0.717, 1.165) is 43.9 Å². The van der Waals surface area contributed by atoms with Crippen molar-refractivity contribution >= 4 is 92.2 Å². The van der Waals surface area contributed by atoms with Crippen LogP contribution in [0, 0.1) is 11.8 Å².